The van der Waals surface area contributed by atoms with Crippen LogP contribution in [0.5, 0.6) is 0 Å². The van der Waals surface area contributed by atoms with Crippen molar-refractivity contribution in [1.82, 2.24) is 4.90 Å². The van der Waals surface area contributed by atoms with Crippen molar-refractivity contribution >= 4 is 14.5 Å². The van der Waals surface area contributed by atoms with Gasteiger partial charge in [-0.25, -0.2) is 0 Å². The minimum Gasteiger partial charge on any atom is -0.398 e. The second-order valence-corrected chi connectivity index (χ2v) is 10.5. The summed E-state index contributed by atoms with van der Waals surface area (Å²) in [7, 11) is 3.23. The molecule has 0 aliphatic carbocycles. The summed E-state index contributed by atoms with van der Waals surface area (Å²) in [6, 6.07) is 0.891. The summed E-state index contributed by atoms with van der Waals surface area (Å²) >= 11 is 0. The van der Waals surface area contributed by atoms with Gasteiger partial charge in [0.1, 0.15) is 0 Å². The van der Waals surface area contributed by atoms with E-state index in [1.807, 2.05) is 18.5 Å². The number of aliphatic hydroxyl groups excluding tert-OH is 2. The van der Waals surface area contributed by atoms with Crippen LogP contribution in [-0.2, 0) is 13.6 Å². The van der Waals surface area contributed by atoms with Crippen molar-refractivity contribution in [3.05, 3.63) is 0 Å². The van der Waals surface area contributed by atoms with Gasteiger partial charge in [-0.1, -0.05) is 32.1 Å². The van der Waals surface area contributed by atoms with Crippen molar-refractivity contribution in [2.45, 2.75) is 76.5 Å². The van der Waals surface area contributed by atoms with Crippen LogP contribution in [0.25, 0.3) is 0 Å². The fraction of sp³-hybridized carbons (Fsp3) is 0.944. The van der Waals surface area contributed by atoms with Crippen LogP contribution >= 0.6 is 0 Å². The maximum absolute atomic E-state index is 12.1. The Morgan fingerprint density at radius 1 is 1.04 bits per heavy atom. The second kappa shape index (κ2) is 14.7. The zero-order valence-electron chi connectivity index (χ0n) is 16.6. The third kappa shape index (κ3) is 12.5. The lowest BCUT2D eigenvalue weighted by atomic mass is 10.1. The third-order valence-corrected chi connectivity index (χ3v) is 7.79. The van der Waals surface area contributed by atoms with E-state index in [0.717, 1.165) is 57.5 Å². The largest absolute Gasteiger partial charge is 0.398 e. The lowest BCUT2D eigenvalue weighted by Gasteiger charge is -2.24. The molecule has 0 aromatic carbocycles. The SMILES string of the molecule is CO[Si](C)(CCCN(C)C(=O)CCCCCCCCC(O)CO)OC. The normalized spacial score (nSPS) is 13.0. The molecule has 0 aliphatic heterocycles. The van der Waals surface area contributed by atoms with Gasteiger partial charge in [0, 0.05) is 34.2 Å². The number of carbonyl (C=O) groups is 1. The van der Waals surface area contributed by atoms with Crippen molar-refractivity contribution < 1.29 is 23.9 Å². The van der Waals surface area contributed by atoms with Gasteiger partial charge < -0.3 is 24.0 Å². The second-order valence-electron chi connectivity index (χ2n) is 6.96. The van der Waals surface area contributed by atoms with Gasteiger partial charge in [-0.05, 0) is 31.9 Å². The summed E-state index contributed by atoms with van der Waals surface area (Å²) in [5.74, 6) is 0.212. The van der Waals surface area contributed by atoms with Crippen LogP contribution in [0, 0.1) is 0 Å². The highest BCUT2D eigenvalue weighted by molar-refractivity contribution is 6.65. The average molecular weight is 378 g/mol. The summed E-state index contributed by atoms with van der Waals surface area (Å²) in [6.45, 7) is 2.65. The first-order chi connectivity index (χ1) is 11.9. The van der Waals surface area contributed by atoms with Crippen molar-refractivity contribution in [1.29, 1.82) is 0 Å². The van der Waals surface area contributed by atoms with Crippen LogP contribution in [0.15, 0.2) is 0 Å². The monoisotopic (exact) mass is 377 g/mol. The van der Waals surface area contributed by atoms with Crippen LogP contribution in [-0.4, -0.2) is 70.1 Å². The number of rotatable bonds is 16. The van der Waals surface area contributed by atoms with E-state index in [-0.39, 0.29) is 12.5 Å². The van der Waals surface area contributed by atoms with E-state index in [1.165, 1.54) is 0 Å². The molecule has 0 heterocycles. The smallest absolute Gasteiger partial charge is 0.334 e. The Morgan fingerprint density at radius 2 is 1.60 bits per heavy atom. The van der Waals surface area contributed by atoms with E-state index < -0.39 is 14.7 Å². The van der Waals surface area contributed by atoms with Gasteiger partial charge in [-0.3, -0.25) is 4.79 Å². The molecular formula is C18H39NO5Si. The molecule has 0 aromatic heterocycles. The van der Waals surface area contributed by atoms with Crippen LogP contribution in [0.1, 0.15) is 57.8 Å². The van der Waals surface area contributed by atoms with E-state index in [0.29, 0.717) is 12.8 Å². The maximum Gasteiger partial charge on any atom is 0.334 e. The molecule has 0 fully saturated rings. The highest BCUT2D eigenvalue weighted by atomic mass is 28.4. The molecule has 150 valence electrons. The van der Waals surface area contributed by atoms with E-state index in [4.69, 9.17) is 14.0 Å². The molecule has 1 unspecified atom stereocenters. The highest BCUT2D eigenvalue weighted by Crippen LogP contribution is 2.14. The minimum absolute atomic E-state index is 0.145. The van der Waals surface area contributed by atoms with Gasteiger partial charge >= 0.3 is 8.56 Å². The molecule has 0 saturated carbocycles. The number of nitrogens with zero attached hydrogens (tertiary/aromatic N) is 1. The zero-order valence-corrected chi connectivity index (χ0v) is 17.6. The standard InChI is InChI=1S/C18H39NO5Si/c1-19(14-11-15-25(4,23-2)24-3)18(22)13-10-8-6-5-7-9-12-17(21)16-20/h17,20-21H,5-16H2,1-4H3. The summed E-state index contributed by atoms with van der Waals surface area (Å²) in [6.07, 6.45) is 7.91. The van der Waals surface area contributed by atoms with Gasteiger partial charge in [-0.15, -0.1) is 0 Å². The summed E-state index contributed by atoms with van der Waals surface area (Å²) in [5, 5.41) is 18.0. The van der Waals surface area contributed by atoms with Crippen LogP contribution in [0.4, 0.5) is 0 Å². The molecule has 0 aromatic rings. The van der Waals surface area contributed by atoms with Gasteiger partial charge in [0.25, 0.3) is 0 Å². The van der Waals surface area contributed by atoms with Crippen molar-refractivity contribution in [3.8, 4) is 0 Å². The molecule has 0 radical (unpaired) electrons. The quantitative estimate of drug-likeness (QED) is 0.319. The lowest BCUT2D eigenvalue weighted by Crippen LogP contribution is -2.37. The molecule has 1 amide bonds. The van der Waals surface area contributed by atoms with E-state index >= 15 is 0 Å². The summed E-state index contributed by atoms with van der Waals surface area (Å²) in [4.78, 5) is 13.9. The molecule has 7 heteroatoms. The number of unbranched alkanes of at least 4 members (excludes halogenated alkanes) is 5. The molecule has 6 nitrogen and oxygen atoms in total. The number of aliphatic hydroxyl groups is 2. The maximum atomic E-state index is 12.1. The summed E-state index contributed by atoms with van der Waals surface area (Å²) < 4.78 is 10.9. The Balaban J connectivity index is 3.62. The lowest BCUT2D eigenvalue weighted by molar-refractivity contribution is -0.130. The van der Waals surface area contributed by atoms with Gasteiger partial charge in [-0.2, -0.15) is 0 Å². The number of carbonyl (C=O) groups excluding carboxylic acids is 1. The van der Waals surface area contributed by atoms with E-state index in [9.17, 15) is 9.90 Å². The van der Waals surface area contributed by atoms with Gasteiger partial charge in [0.2, 0.25) is 5.91 Å². The fourth-order valence-corrected chi connectivity index (χ4v) is 4.07. The molecule has 0 aliphatic rings. The van der Waals surface area contributed by atoms with Crippen molar-refractivity contribution in [2.24, 2.45) is 0 Å². The molecular weight excluding hydrogens is 338 g/mol. The number of amides is 1. The Labute approximate surface area is 154 Å². The zero-order chi connectivity index (χ0) is 19.1. The first-order valence-electron chi connectivity index (χ1n) is 9.51. The highest BCUT2D eigenvalue weighted by Gasteiger charge is 2.28. The number of hydrogen-bond donors (Lipinski definition) is 2. The van der Waals surface area contributed by atoms with Gasteiger partial charge in [0.05, 0.1) is 12.7 Å². The molecule has 0 spiro atoms. The molecule has 1 atom stereocenters. The van der Waals surface area contributed by atoms with Crippen LogP contribution < -0.4 is 0 Å². The van der Waals surface area contributed by atoms with Gasteiger partial charge in [0.15, 0.2) is 0 Å². The molecule has 25 heavy (non-hydrogen) atoms. The Hall–Kier alpha value is -0.473. The number of hydrogen-bond acceptors (Lipinski definition) is 5. The Morgan fingerprint density at radius 3 is 2.16 bits per heavy atom. The van der Waals surface area contributed by atoms with E-state index in [2.05, 4.69) is 0 Å². The third-order valence-electron chi connectivity index (χ3n) is 4.80. The Kier molecular flexibility index (Phi) is 14.4. The molecule has 0 bridgehead atoms. The predicted molar refractivity (Wildman–Crippen MR) is 103 cm³/mol. The fourth-order valence-electron chi connectivity index (χ4n) is 2.69. The first-order valence-corrected chi connectivity index (χ1v) is 12.0. The predicted octanol–water partition coefficient (Wildman–Crippen LogP) is 2.67. The van der Waals surface area contributed by atoms with Crippen LogP contribution in [0.3, 0.4) is 0 Å². The molecule has 0 rings (SSSR count). The topological polar surface area (TPSA) is 79.2 Å². The minimum atomic E-state index is -2.02. The van der Waals surface area contributed by atoms with Crippen molar-refractivity contribution in [3.63, 3.8) is 0 Å². The van der Waals surface area contributed by atoms with Crippen LogP contribution in [0.2, 0.25) is 12.6 Å². The van der Waals surface area contributed by atoms with Crippen molar-refractivity contribution in [2.75, 3.05) is 34.4 Å². The summed E-state index contributed by atoms with van der Waals surface area (Å²) in [5.41, 5.74) is 0. The Bertz CT molecular complexity index is 339. The molecule has 2 N–H and O–H groups in total. The van der Waals surface area contributed by atoms with E-state index in [1.54, 1.807) is 14.2 Å². The molecule has 0 saturated heterocycles. The first kappa shape index (κ1) is 24.5. The average Bonchev–Trinajstić information content (AvgIpc) is 2.62.